The van der Waals surface area contributed by atoms with Crippen molar-refractivity contribution >= 4 is 35.5 Å². The van der Waals surface area contributed by atoms with Gasteiger partial charge in [-0.25, -0.2) is 4.99 Å². The molecular formula is C32H32ClN3O3. The van der Waals surface area contributed by atoms with Crippen molar-refractivity contribution in [3.05, 3.63) is 120 Å². The quantitative estimate of drug-likeness (QED) is 0.241. The number of carbonyl (C=O) groups excluding carboxylic acids is 1. The van der Waals surface area contributed by atoms with E-state index in [1.54, 1.807) is 14.2 Å². The summed E-state index contributed by atoms with van der Waals surface area (Å²) >= 11 is 0. The smallest absolute Gasteiger partial charge is 0.206 e. The van der Waals surface area contributed by atoms with Gasteiger partial charge in [0, 0.05) is 30.4 Å². The monoisotopic (exact) mass is 541 g/mol. The Hall–Kier alpha value is -4.29. The van der Waals surface area contributed by atoms with Crippen LogP contribution in [0.4, 0.5) is 11.4 Å². The molecule has 1 heterocycles. The van der Waals surface area contributed by atoms with Gasteiger partial charge in [-0.05, 0) is 60.5 Å². The number of guanidine groups is 1. The molecule has 1 saturated heterocycles. The predicted molar refractivity (Wildman–Crippen MR) is 159 cm³/mol. The van der Waals surface area contributed by atoms with E-state index in [1.165, 1.54) is 0 Å². The van der Waals surface area contributed by atoms with Gasteiger partial charge in [-0.1, -0.05) is 54.6 Å². The number of likely N-dealkylation sites (N-methyl/N-ethyl adjacent to an activating group) is 1. The number of nitrogens with zero attached hydrogens (tertiary/aromatic N) is 3. The van der Waals surface area contributed by atoms with Gasteiger partial charge in [0.05, 0.1) is 25.9 Å². The molecule has 1 fully saturated rings. The zero-order valence-electron chi connectivity index (χ0n) is 22.3. The fraction of sp³-hybridized carbons (Fsp3) is 0.188. The third-order valence-electron chi connectivity index (χ3n) is 6.78. The second-order valence-electron chi connectivity index (χ2n) is 9.31. The van der Waals surface area contributed by atoms with Gasteiger partial charge in [0.2, 0.25) is 5.96 Å². The Morgan fingerprint density at radius 2 is 1.36 bits per heavy atom. The minimum atomic E-state index is 0. The highest BCUT2D eigenvalue weighted by molar-refractivity contribution is 6.09. The first-order chi connectivity index (χ1) is 18.6. The van der Waals surface area contributed by atoms with E-state index >= 15 is 0 Å². The minimum absolute atomic E-state index is 0. The Labute approximate surface area is 235 Å². The molecule has 0 aliphatic carbocycles. The summed E-state index contributed by atoms with van der Waals surface area (Å²) < 4.78 is 10.7. The summed E-state index contributed by atoms with van der Waals surface area (Å²) in [6, 6.07) is 33.3. The molecular weight excluding hydrogens is 510 g/mol. The van der Waals surface area contributed by atoms with Crippen molar-refractivity contribution in [1.82, 2.24) is 4.90 Å². The van der Waals surface area contributed by atoms with Crippen LogP contribution in [-0.2, 0) is 6.42 Å². The number of benzene rings is 4. The minimum Gasteiger partial charge on any atom is -0.497 e. The number of methoxy groups -OCH3 is 2. The molecule has 4 aromatic rings. The summed E-state index contributed by atoms with van der Waals surface area (Å²) in [4.78, 5) is 22.3. The molecule has 0 N–H and O–H groups in total. The maximum Gasteiger partial charge on any atom is 0.206 e. The molecule has 5 rings (SSSR count). The lowest BCUT2D eigenvalue weighted by molar-refractivity contribution is 0.103. The molecule has 4 aromatic carbocycles. The van der Waals surface area contributed by atoms with Gasteiger partial charge in [-0.2, -0.15) is 0 Å². The Kier molecular flexibility index (Phi) is 8.89. The van der Waals surface area contributed by atoms with Gasteiger partial charge in [0.15, 0.2) is 5.78 Å². The maximum atomic E-state index is 12.8. The van der Waals surface area contributed by atoms with Crippen molar-refractivity contribution in [3.63, 3.8) is 0 Å². The molecule has 0 aromatic heterocycles. The van der Waals surface area contributed by atoms with E-state index in [4.69, 9.17) is 14.5 Å². The number of rotatable bonds is 8. The lowest BCUT2D eigenvalue weighted by atomic mass is 9.99. The average Bonchev–Trinajstić information content (AvgIpc) is 3.27. The Bertz CT molecular complexity index is 1410. The standard InChI is InChI=1S/C32H31N3O3.ClH/c1-34-22-28(21-23-9-11-25(12-10-23)31(36)24-7-5-4-6-8-24)35(27-15-19-30(38-3)20-16-27)32(34)33-26-13-17-29(37-2)18-14-26;/h4-20,28H,21-22H2,1-3H3;1H. The average molecular weight is 542 g/mol. The fourth-order valence-corrected chi connectivity index (χ4v) is 4.78. The molecule has 0 amide bonds. The van der Waals surface area contributed by atoms with Crippen molar-refractivity contribution in [1.29, 1.82) is 0 Å². The zero-order valence-corrected chi connectivity index (χ0v) is 23.1. The van der Waals surface area contributed by atoms with Gasteiger partial charge in [0.25, 0.3) is 0 Å². The van der Waals surface area contributed by atoms with Crippen molar-refractivity contribution in [3.8, 4) is 11.5 Å². The molecule has 1 unspecified atom stereocenters. The number of halogens is 1. The van der Waals surface area contributed by atoms with Crippen LogP contribution in [0.2, 0.25) is 0 Å². The third kappa shape index (κ3) is 6.24. The van der Waals surface area contributed by atoms with Gasteiger partial charge in [0.1, 0.15) is 11.5 Å². The summed E-state index contributed by atoms with van der Waals surface area (Å²) in [7, 11) is 5.40. The first kappa shape index (κ1) is 27.7. The van der Waals surface area contributed by atoms with Crippen LogP contribution in [-0.4, -0.2) is 50.5 Å². The van der Waals surface area contributed by atoms with Crippen LogP contribution in [0.1, 0.15) is 21.5 Å². The largest absolute Gasteiger partial charge is 0.497 e. The van der Waals surface area contributed by atoms with Crippen LogP contribution < -0.4 is 14.4 Å². The first-order valence-electron chi connectivity index (χ1n) is 12.6. The molecule has 1 aliphatic rings. The van der Waals surface area contributed by atoms with Crippen molar-refractivity contribution < 1.29 is 14.3 Å². The van der Waals surface area contributed by atoms with E-state index < -0.39 is 0 Å². The lowest BCUT2D eigenvalue weighted by Gasteiger charge is -2.26. The Balaban J connectivity index is 0.00000353. The highest BCUT2D eigenvalue weighted by atomic mass is 35.5. The second-order valence-corrected chi connectivity index (χ2v) is 9.31. The fourth-order valence-electron chi connectivity index (χ4n) is 4.78. The predicted octanol–water partition coefficient (Wildman–Crippen LogP) is 6.41. The molecule has 0 radical (unpaired) electrons. The second kappa shape index (κ2) is 12.5. The lowest BCUT2D eigenvalue weighted by Crippen LogP contribution is -2.36. The van der Waals surface area contributed by atoms with E-state index in [0.717, 1.165) is 47.4 Å². The Morgan fingerprint density at radius 1 is 0.795 bits per heavy atom. The van der Waals surface area contributed by atoms with Crippen LogP contribution in [0, 0.1) is 0 Å². The molecule has 200 valence electrons. The summed E-state index contributed by atoms with van der Waals surface area (Å²) in [6.45, 7) is 0.811. The van der Waals surface area contributed by atoms with Crippen LogP contribution >= 0.6 is 12.4 Å². The molecule has 0 spiro atoms. The summed E-state index contributed by atoms with van der Waals surface area (Å²) in [5.74, 6) is 2.52. The molecule has 6 nitrogen and oxygen atoms in total. The number of hydrogen-bond acceptors (Lipinski definition) is 4. The van der Waals surface area contributed by atoms with Crippen LogP contribution in [0.15, 0.2) is 108 Å². The highest BCUT2D eigenvalue weighted by Gasteiger charge is 2.34. The number of ketones is 1. The van der Waals surface area contributed by atoms with E-state index in [-0.39, 0.29) is 24.2 Å². The zero-order chi connectivity index (χ0) is 26.5. The third-order valence-corrected chi connectivity index (χ3v) is 6.78. The van der Waals surface area contributed by atoms with Crippen LogP contribution in [0.5, 0.6) is 11.5 Å². The summed E-state index contributed by atoms with van der Waals surface area (Å²) in [5, 5.41) is 0. The molecule has 0 saturated carbocycles. The van der Waals surface area contributed by atoms with E-state index in [2.05, 4.69) is 41.1 Å². The number of aliphatic imine (C=N–C) groups is 1. The van der Waals surface area contributed by atoms with Gasteiger partial charge >= 0.3 is 0 Å². The molecule has 7 heteroatoms. The Morgan fingerprint density at radius 3 is 1.95 bits per heavy atom. The van der Waals surface area contributed by atoms with Crippen LogP contribution in [0.25, 0.3) is 0 Å². The van der Waals surface area contributed by atoms with Gasteiger partial charge in [-0.15, -0.1) is 12.4 Å². The summed E-state index contributed by atoms with van der Waals surface area (Å²) in [5.41, 5.74) is 4.45. The highest BCUT2D eigenvalue weighted by Crippen LogP contribution is 2.30. The molecule has 0 bridgehead atoms. The number of carbonyl (C=O) groups is 1. The first-order valence-corrected chi connectivity index (χ1v) is 12.6. The van der Waals surface area contributed by atoms with Crippen molar-refractivity contribution in [2.75, 3.05) is 32.7 Å². The normalized spacial score (nSPS) is 15.7. The SMILES string of the molecule is COc1ccc(N=C2N(C)CC(Cc3ccc(C(=O)c4ccccc4)cc3)N2c2ccc(OC)cc2)cc1.Cl. The summed E-state index contributed by atoms with van der Waals surface area (Å²) in [6.07, 6.45) is 0.803. The van der Waals surface area contributed by atoms with Crippen LogP contribution in [0.3, 0.4) is 0 Å². The van der Waals surface area contributed by atoms with Gasteiger partial charge < -0.3 is 19.3 Å². The molecule has 39 heavy (non-hydrogen) atoms. The number of hydrogen-bond donors (Lipinski definition) is 0. The number of ether oxygens (including phenoxy) is 2. The molecule has 1 aliphatic heterocycles. The van der Waals surface area contributed by atoms with E-state index in [9.17, 15) is 4.79 Å². The molecule has 1 atom stereocenters. The van der Waals surface area contributed by atoms with E-state index in [0.29, 0.717) is 11.1 Å². The van der Waals surface area contributed by atoms with E-state index in [1.807, 2.05) is 78.9 Å². The van der Waals surface area contributed by atoms with Gasteiger partial charge in [-0.3, -0.25) is 4.79 Å². The maximum absolute atomic E-state index is 12.8. The van der Waals surface area contributed by atoms with Crippen molar-refractivity contribution in [2.45, 2.75) is 12.5 Å². The topological polar surface area (TPSA) is 54.4 Å². The van der Waals surface area contributed by atoms with Crippen molar-refractivity contribution in [2.24, 2.45) is 4.99 Å². The number of anilines is 1.